The van der Waals surface area contributed by atoms with Crippen LogP contribution in [0.15, 0.2) is 36.4 Å². The molecule has 2 N–H and O–H groups in total. The first-order valence-electron chi connectivity index (χ1n) is 11.8. The number of benzene rings is 2. The van der Waals surface area contributed by atoms with Crippen LogP contribution >= 0.6 is 0 Å². The molecule has 2 aliphatic rings. The van der Waals surface area contributed by atoms with E-state index in [1.54, 1.807) is 0 Å². The third-order valence-electron chi connectivity index (χ3n) is 6.25. The number of rotatable bonds is 7. The van der Waals surface area contributed by atoms with Gasteiger partial charge in [-0.15, -0.1) is 13.2 Å². The Morgan fingerprint density at radius 1 is 1.19 bits per heavy atom. The molecule has 196 valence electrons. The van der Waals surface area contributed by atoms with Crippen molar-refractivity contribution < 1.29 is 36.2 Å². The minimum absolute atomic E-state index is 0.0646. The monoisotopic (exact) mass is 513 g/mol. The highest BCUT2D eigenvalue weighted by Crippen LogP contribution is 2.35. The van der Waals surface area contributed by atoms with Gasteiger partial charge in [-0.1, -0.05) is 17.7 Å². The summed E-state index contributed by atoms with van der Waals surface area (Å²) in [6.07, 6.45) is -4.51. The zero-order valence-electron chi connectivity index (χ0n) is 19.8. The number of nitrogens with zero attached hydrogens (tertiary/aromatic N) is 1. The predicted octanol–water partition coefficient (Wildman–Crippen LogP) is 5.37. The number of halogens is 5. The summed E-state index contributed by atoms with van der Waals surface area (Å²) in [4.78, 5) is 15.0. The molecule has 1 atom stereocenters. The van der Waals surface area contributed by atoms with E-state index in [2.05, 4.69) is 15.4 Å². The molecule has 0 aliphatic carbocycles. The summed E-state index contributed by atoms with van der Waals surface area (Å²) in [5, 5.41) is 5.80. The highest BCUT2D eigenvalue weighted by Gasteiger charge is 2.34. The number of anilines is 2. The van der Waals surface area contributed by atoms with Crippen LogP contribution in [0.25, 0.3) is 0 Å². The third kappa shape index (κ3) is 6.99. The Morgan fingerprint density at radius 2 is 1.94 bits per heavy atom. The second-order valence-corrected chi connectivity index (χ2v) is 9.14. The summed E-state index contributed by atoms with van der Waals surface area (Å²) >= 11 is 0. The van der Waals surface area contributed by atoms with Crippen molar-refractivity contribution in [2.24, 2.45) is 0 Å². The van der Waals surface area contributed by atoms with Crippen LogP contribution in [-0.2, 0) is 11.2 Å². The molecule has 1 amide bonds. The SMILES string of the molecule is Cc1ccc(NC(=O)C2CNc3cc(OC(F)(F)F)ccc3O2)c(CCCN2CCC(F)(F)CC2)c1. The topological polar surface area (TPSA) is 62.8 Å². The minimum Gasteiger partial charge on any atom is -0.477 e. The number of amides is 1. The van der Waals surface area contributed by atoms with Gasteiger partial charge in [-0.2, -0.15) is 0 Å². The molecule has 6 nitrogen and oxygen atoms in total. The van der Waals surface area contributed by atoms with Gasteiger partial charge >= 0.3 is 6.36 Å². The molecule has 1 fully saturated rings. The van der Waals surface area contributed by atoms with E-state index in [9.17, 15) is 26.7 Å². The lowest BCUT2D eigenvalue weighted by atomic mass is 10.0. The zero-order valence-corrected chi connectivity index (χ0v) is 19.8. The molecule has 4 rings (SSSR count). The highest BCUT2D eigenvalue weighted by molar-refractivity contribution is 5.96. The summed E-state index contributed by atoms with van der Waals surface area (Å²) in [6, 6.07) is 9.28. The molecule has 11 heteroatoms. The van der Waals surface area contributed by atoms with Gasteiger partial charge in [0, 0.05) is 37.7 Å². The Bertz CT molecular complexity index is 1080. The maximum Gasteiger partial charge on any atom is 0.573 e. The summed E-state index contributed by atoms with van der Waals surface area (Å²) in [5.41, 5.74) is 2.90. The first kappa shape index (κ1) is 26.0. The van der Waals surface area contributed by atoms with Crippen molar-refractivity contribution >= 4 is 17.3 Å². The second kappa shape index (κ2) is 10.5. The van der Waals surface area contributed by atoms with Crippen LogP contribution in [0.1, 0.15) is 30.4 Å². The van der Waals surface area contributed by atoms with Crippen molar-refractivity contribution in [3.05, 3.63) is 47.5 Å². The number of ether oxygens (including phenoxy) is 2. The Morgan fingerprint density at radius 3 is 2.67 bits per heavy atom. The van der Waals surface area contributed by atoms with Crippen LogP contribution in [0, 0.1) is 6.92 Å². The van der Waals surface area contributed by atoms with Gasteiger partial charge in [-0.25, -0.2) is 8.78 Å². The van der Waals surface area contributed by atoms with E-state index in [1.807, 2.05) is 30.0 Å². The number of alkyl halides is 5. The van der Waals surface area contributed by atoms with Crippen LogP contribution in [0.3, 0.4) is 0 Å². The first-order chi connectivity index (χ1) is 17.0. The average molecular weight is 514 g/mol. The van der Waals surface area contributed by atoms with E-state index in [0.29, 0.717) is 37.4 Å². The fourth-order valence-corrected chi connectivity index (χ4v) is 4.35. The van der Waals surface area contributed by atoms with Gasteiger partial charge in [0.1, 0.15) is 11.5 Å². The Labute approximate surface area is 205 Å². The molecular formula is C25H28F5N3O3. The molecule has 0 radical (unpaired) electrons. The van der Waals surface area contributed by atoms with Crippen LogP contribution in [0.5, 0.6) is 11.5 Å². The van der Waals surface area contributed by atoms with Gasteiger partial charge in [-0.3, -0.25) is 4.79 Å². The smallest absolute Gasteiger partial charge is 0.477 e. The van der Waals surface area contributed by atoms with Crippen molar-refractivity contribution in [1.29, 1.82) is 0 Å². The Hall–Kier alpha value is -3.08. The third-order valence-corrected chi connectivity index (χ3v) is 6.25. The lowest BCUT2D eigenvalue weighted by Gasteiger charge is -2.31. The van der Waals surface area contributed by atoms with Crippen molar-refractivity contribution in [2.75, 3.05) is 36.8 Å². The molecule has 0 saturated carbocycles. The average Bonchev–Trinajstić information content (AvgIpc) is 2.80. The number of nitrogens with one attached hydrogen (secondary N) is 2. The van der Waals surface area contributed by atoms with Crippen LogP contribution in [0.2, 0.25) is 0 Å². The Kier molecular flexibility index (Phi) is 7.58. The van der Waals surface area contributed by atoms with Crippen molar-refractivity contribution in [3.63, 3.8) is 0 Å². The fourth-order valence-electron chi connectivity index (χ4n) is 4.35. The van der Waals surface area contributed by atoms with Crippen LogP contribution < -0.4 is 20.1 Å². The standard InChI is InChI=1S/C25H28F5N3O3/c1-16-4-6-19(17(13-16)3-2-10-33-11-8-24(26,27)9-12-33)32-23(34)22-15-31-20-14-18(36-25(28,29)30)5-7-21(20)35-22/h4-7,13-14,22,31H,2-3,8-12,15H2,1H3,(H,32,34). The summed E-state index contributed by atoms with van der Waals surface area (Å²) < 4.78 is 73.7. The van der Waals surface area contributed by atoms with E-state index < -0.39 is 24.3 Å². The zero-order chi connectivity index (χ0) is 25.9. The van der Waals surface area contributed by atoms with E-state index in [1.165, 1.54) is 12.1 Å². The number of carbonyl (C=O) groups is 1. The first-order valence-corrected chi connectivity index (χ1v) is 11.8. The summed E-state index contributed by atoms with van der Waals surface area (Å²) in [6.45, 7) is 3.46. The summed E-state index contributed by atoms with van der Waals surface area (Å²) in [7, 11) is 0. The molecule has 2 aliphatic heterocycles. The van der Waals surface area contributed by atoms with Gasteiger partial charge in [0.15, 0.2) is 6.10 Å². The normalized spacial score (nSPS) is 19.6. The molecule has 2 aromatic carbocycles. The largest absolute Gasteiger partial charge is 0.573 e. The molecule has 1 unspecified atom stereocenters. The van der Waals surface area contributed by atoms with Gasteiger partial charge in [-0.05, 0) is 50.1 Å². The number of hydrogen-bond donors (Lipinski definition) is 2. The number of aryl methyl sites for hydroxylation is 2. The fraction of sp³-hybridized carbons (Fsp3) is 0.480. The molecular weight excluding hydrogens is 485 g/mol. The molecule has 1 saturated heterocycles. The number of likely N-dealkylation sites (tertiary alicyclic amines) is 1. The Balaban J connectivity index is 1.34. The van der Waals surface area contributed by atoms with Gasteiger partial charge in [0.25, 0.3) is 11.8 Å². The van der Waals surface area contributed by atoms with Crippen molar-refractivity contribution in [2.45, 2.75) is 51.0 Å². The van der Waals surface area contributed by atoms with Crippen molar-refractivity contribution in [3.8, 4) is 11.5 Å². The van der Waals surface area contributed by atoms with Crippen LogP contribution in [-0.4, -0.2) is 55.4 Å². The molecule has 36 heavy (non-hydrogen) atoms. The lowest BCUT2D eigenvalue weighted by molar-refractivity contribution is -0.274. The molecule has 0 spiro atoms. The second-order valence-electron chi connectivity index (χ2n) is 9.14. The summed E-state index contributed by atoms with van der Waals surface area (Å²) in [5.74, 6) is -3.11. The van der Waals surface area contributed by atoms with E-state index in [0.717, 1.165) is 23.6 Å². The van der Waals surface area contributed by atoms with Crippen molar-refractivity contribution in [1.82, 2.24) is 4.90 Å². The minimum atomic E-state index is -4.81. The predicted molar refractivity (Wildman–Crippen MR) is 125 cm³/mol. The number of piperidine rings is 1. The maximum absolute atomic E-state index is 13.4. The number of fused-ring (bicyclic) bond motifs is 1. The molecule has 2 aromatic rings. The highest BCUT2D eigenvalue weighted by atomic mass is 19.4. The molecule has 0 aromatic heterocycles. The molecule has 2 heterocycles. The van der Waals surface area contributed by atoms with E-state index >= 15 is 0 Å². The van der Waals surface area contributed by atoms with Gasteiger partial charge < -0.3 is 25.0 Å². The maximum atomic E-state index is 13.4. The number of carbonyl (C=O) groups excluding carboxylic acids is 1. The molecule has 0 bridgehead atoms. The lowest BCUT2D eigenvalue weighted by Crippen LogP contribution is -2.41. The van der Waals surface area contributed by atoms with Gasteiger partial charge in [0.2, 0.25) is 0 Å². The number of hydrogen-bond acceptors (Lipinski definition) is 5. The van der Waals surface area contributed by atoms with E-state index in [-0.39, 0.29) is 30.9 Å². The van der Waals surface area contributed by atoms with Crippen LogP contribution in [0.4, 0.5) is 33.3 Å². The van der Waals surface area contributed by atoms with E-state index in [4.69, 9.17) is 4.74 Å². The quantitative estimate of drug-likeness (QED) is 0.488. The van der Waals surface area contributed by atoms with Gasteiger partial charge in [0.05, 0.1) is 12.2 Å².